The number of likely N-dealkylation sites (tertiary alicyclic amines) is 1. The molecule has 0 aromatic heterocycles. The van der Waals surface area contributed by atoms with Crippen molar-refractivity contribution in [2.75, 3.05) is 26.2 Å². The van der Waals surface area contributed by atoms with Crippen LogP contribution in [-0.2, 0) is 9.59 Å². The molecule has 0 atom stereocenters. The normalized spacial score (nSPS) is 17.6. The van der Waals surface area contributed by atoms with E-state index in [1.54, 1.807) is 29.2 Å². The zero-order valence-corrected chi connectivity index (χ0v) is 14.2. The number of nitrogens with one attached hydrogen (secondary N) is 1. The molecule has 1 saturated heterocycles. The van der Waals surface area contributed by atoms with Gasteiger partial charge in [-0.25, -0.2) is 0 Å². The molecule has 0 saturated carbocycles. The number of amides is 4. The van der Waals surface area contributed by atoms with Gasteiger partial charge in [0.15, 0.2) is 0 Å². The summed E-state index contributed by atoms with van der Waals surface area (Å²) in [7, 11) is 0. The second kappa shape index (κ2) is 7.04. The van der Waals surface area contributed by atoms with Gasteiger partial charge in [-0.15, -0.1) is 0 Å². The molecule has 4 amide bonds. The number of carbonyl (C=O) groups excluding carboxylic acids is 4. The first-order chi connectivity index (χ1) is 12.0. The van der Waals surface area contributed by atoms with Crippen molar-refractivity contribution >= 4 is 23.6 Å². The Balaban J connectivity index is 1.58. The Kier molecular flexibility index (Phi) is 4.83. The van der Waals surface area contributed by atoms with Gasteiger partial charge in [-0.2, -0.15) is 0 Å². The second-order valence-corrected chi connectivity index (χ2v) is 6.29. The number of benzene rings is 1. The third-order valence-electron chi connectivity index (χ3n) is 4.74. The average Bonchev–Trinajstić information content (AvgIpc) is 2.87. The van der Waals surface area contributed by atoms with Crippen molar-refractivity contribution in [2.45, 2.75) is 19.8 Å². The minimum absolute atomic E-state index is 0.0231. The standard InChI is InChI=1S/C18H21N3O4/c1-2-19-16(23)12-7-9-20(10-8-12)15(22)11-21-17(24)13-5-3-4-6-14(13)18(21)25/h3-6,12H,2,7-11H2,1H3,(H,19,23). The van der Waals surface area contributed by atoms with E-state index in [9.17, 15) is 19.2 Å². The van der Waals surface area contributed by atoms with Crippen molar-refractivity contribution < 1.29 is 19.2 Å². The molecule has 1 aromatic rings. The number of imide groups is 1. The van der Waals surface area contributed by atoms with Gasteiger partial charge in [0.2, 0.25) is 11.8 Å². The molecule has 7 heteroatoms. The third kappa shape index (κ3) is 3.26. The summed E-state index contributed by atoms with van der Waals surface area (Å²) < 4.78 is 0. The minimum atomic E-state index is -0.425. The number of piperidine rings is 1. The van der Waals surface area contributed by atoms with Gasteiger partial charge in [0.1, 0.15) is 6.54 Å². The summed E-state index contributed by atoms with van der Waals surface area (Å²) in [5, 5.41) is 2.80. The zero-order valence-electron chi connectivity index (χ0n) is 14.2. The van der Waals surface area contributed by atoms with E-state index < -0.39 is 11.8 Å². The highest BCUT2D eigenvalue weighted by Crippen LogP contribution is 2.23. The monoisotopic (exact) mass is 343 g/mol. The van der Waals surface area contributed by atoms with E-state index in [1.807, 2.05) is 6.92 Å². The third-order valence-corrected chi connectivity index (χ3v) is 4.74. The van der Waals surface area contributed by atoms with Crippen LogP contribution in [0.3, 0.4) is 0 Å². The Morgan fingerprint density at radius 3 is 2.16 bits per heavy atom. The molecule has 1 N–H and O–H groups in total. The lowest BCUT2D eigenvalue weighted by molar-refractivity contribution is -0.135. The van der Waals surface area contributed by atoms with E-state index in [2.05, 4.69) is 5.32 Å². The molecule has 1 aromatic carbocycles. The number of carbonyl (C=O) groups is 4. The highest BCUT2D eigenvalue weighted by molar-refractivity contribution is 6.22. The van der Waals surface area contributed by atoms with Gasteiger partial charge in [0.25, 0.3) is 11.8 Å². The fourth-order valence-corrected chi connectivity index (χ4v) is 3.33. The molecule has 2 aliphatic rings. The lowest BCUT2D eigenvalue weighted by Crippen LogP contribution is -2.47. The first-order valence-electron chi connectivity index (χ1n) is 8.53. The molecule has 0 aliphatic carbocycles. The van der Waals surface area contributed by atoms with E-state index in [4.69, 9.17) is 0 Å². The Morgan fingerprint density at radius 1 is 1.08 bits per heavy atom. The fourth-order valence-electron chi connectivity index (χ4n) is 3.33. The molecule has 25 heavy (non-hydrogen) atoms. The summed E-state index contributed by atoms with van der Waals surface area (Å²) in [4.78, 5) is 51.6. The van der Waals surface area contributed by atoms with Crippen molar-refractivity contribution in [1.82, 2.24) is 15.1 Å². The quantitative estimate of drug-likeness (QED) is 0.814. The maximum Gasteiger partial charge on any atom is 0.262 e. The van der Waals surface area contributed by atoms with E-state index in [0.29, 0.717) is 43.6 Å². The van der Waals surface area contributed by atoms with Gasteiger partial charge in [-0.1, -0.05) is 12.1 Å². The number of rotatable bonds is 4. The molecular weight excluding hydrogens is 322 g/mol. The van der Waals surface area contributed by atoms with Crippen molar-refractivity contribution in [2.24, 2.45) is 5.92 Å². The molecule has 3 rings (SSSR count). The second-order valence-electron chi connectivity index (χ2n) is 6.29. The number of fused-ring (bicyclic) bond motifs is 1. The molecule has 0 radical (unpaired) electrons. The van der Waals surface area contributed by atoms with Gasteiger partial charge in [0, 0.05) is 25.6 Å². The van der Waals surface area contributed by atoms with Crippen LogP contribution < -0.4 is 5.32 Å². The van der Waals surface area contributed by atoms with E-state index in [0.717, 1.165) is 4.90 Å². The van der Waals surface area contributed by atoms with Crippen molar-refractivity contribution in [1.29, 1.82) is 0 Å². The average molecular weight is 343 g/mol. The van der Waals surface area contributed by atoms with Crippen LogP contribution in [0.25, 0.3) is 0 Å². The number of nitrogens with zero attached hydrogens (tertiary/aromatic N) is 2. The Bertz CT molecular complexity index is 688. The van der Waals surface area contributed by atoms with Gasteiger partial charge < -0.3 is 10.2 Å². The molecule has 132 valence electrons. The molecule has 0 unspecified atom stereocenters. The van der Waals surface area contributed by atoms with Crippen molar-refractivity contribution in [3.8, 4) is 0 Å². The molecule has 2 aliphatic heterocycles. The van der Waals surface area contributed by atoms with Crippen LogP contribution in [0.1, 0.15) is 40.5 Å². The Morgan fingerprint density at radius 2 is 1.64 bits per heavy atom. The predicted octanol–water partition coefficient (Wildman–Crippen LogP) is 0.657. The van der Waals surface area contributed by atoms with Gasteiger partial charge in [-0.05, 0) is 31.9 Å². The summed E-state index contributed by atoms with van der Waals surface area (Å²) in [6.45, 7) is 3.14. The van der Waals surface area contributed by atoms with Crippen LogP contribution in [0.4, 0.5) is 0 Å². The molecule has 7 nitrogen and oxygen atoms in total. The topological polar surface area (TPSA) is 86.8 Å². The molecule has 0 spiro atoms. The van der Waals surface area contributed by atoms with E-state index >= 15 is 0 Å². The first-order valence-corrected chi connectivity index (χ1v) is 8.53. The SMILES string of the molecule is CCNC(=O)C1CCN(C(=O)CN2C(=O)c3ccccc3C2=O)CC1. The van der Waals surface area contributed by atoms with Gasteiger partial charge >= 0.3 is 0 Å². The minimum Gasteiger partial charge on any atom is -0.356 e. The van der Waals surface area contributed by atoms with Crippen molar-refractivity contribution in [3.05, 3.63) is 35.4 Å². The molecule has 1 fully saturated rings. The van der Waals surface area contributed by atoms with E-state index in [1.165, 1.54) is 0 Å². The molecule has 0 bridgehead atoms. The first kappa shape index (κ1) is 17.1. The Labute approximate surface area is 146 Å². The Hall–Kier alpha value is -2.70. The van der Waals surface area contributed by atoms with Gasteiger partial charge in [-0.3, -0.25) is 24.1 Å². The highest BCUT2D eigenvalue weighted by atomic mass is 16.2. The van der Waals surface area contributed by atoms with Crippen LogP contribution in [0.5, 0.6) is 0 Å². The lowest BCUT2D eigenvalue weighted by atomic mass is 9.96. The largest absolute Gasteiger partial charge is 0.356 e. The molecule has 2 heterocycles. The van der Waals surface area contributed by atoms with Crippen LogP contribution in [0, 0.1) is 5.92 Å². The van der Waals surface area contributed by atoms with Gasteiger partial charge in [0.05, 0.1) is 11.1 Å². The summed E-state index contributed by atoms with van der Waals surface area (Å²) in [5.41, 5.74) is 0.686. The maximum absolute atomic E-state index is 12.5. The molecular formula is C18H21N3O4. The predicted molar refractivity (Wildman–Crippen MR) is 89.8 cm³/mol. The highest BCUT2D eigenvalue weighted by Gasteiger charge is 2.37. The van der Waals surface area contributed by atoms with Crippen LogP contribution in [-0.4, -0.2) is 59.6 Å². The van der Waals surface area contributed by atoms with Crippen LogP contribution >= 0.6 is 0 Å². The zero-order chi connectivity index (χ0) is 18.0. The van der Waals surface area contributed by atoms with Crippen LogP contribution in [0.15, 0.2) is 24.3 Å². The summed E-state index contributed by atoms with van der Waals surface area (Å²) in [6, 6.07) is 6.58. The lowest BCUT2D eigenvalue weighted by Gasteiger charge is -2.32. The van der Waals surface area contributed by atoms with Crippen molar-refractivity contribution in [3.63, 3.8) is 0 Å². The maximum atomic E-state index is 12.5. The smallest absolute Gasteiger partial charge is 0.262 e. The summed E-state index contributed by atoms with van der Waals surface area (Å²) >= 11 is 0. The van der Waals surface area contributed by atoms with E-state index in [-0.39, 0.29) is 24.3 Å². The van der Waals surface area contributed by atoms with Crippen LogP contribution in [0.2, 0.25) is 0 Å². The fraction of sp³-hybridized carbons (Fsp3) is 0.444. The number of hydrogen-bond donors (Lipinski definition) is 1. The summed E-state index contributed by atoms with van der Waals surface area (Å²) in [5.74, 6) is -1.17. The summed E-state index contributed by atoms with van der Waals surface area (Å²) in [6.07, 6.45) is 1.19. The number of hydrogen-bond acceptors (Lipinski definition) is 4.